The summed E-state index contributed by atoms with van der Waals surface area (Å²) in [6, 6.07) is 10.9. The van der Waals surface area contributed by atoms with E-state index in [4.69, 9.17) is 20.9 Å². The number of nitrogens with two attached hydrogens (primary N) is 2. The van der Waals surface area contributed by atoms with Crippen molar-refractivity contribution in [2.75, 3.05) is 13.2 Å². The van der Waals surface area contributed by atoms with Gasteiger partial charge in [0.05, 0.1) is 57.9 Å². The lowest BCUT2D eigenvalue weighted by Gasteiger charge is -2.11. The van der Waals surface area contributed by atoms with Gasteiger partial charge in [-0.3, -0.25) is 19.2 Å². The van der Waals surface area contributed by atoms with Crippen LogP contribution in [0.1, 0.15) is 46.0 Å². The number of fused-ring (bicyclic) bond motifs is 2. The Morgan fingerprint density at radius 3 is 1.40 bits per heavy atom. The van der Waals surface area contributed by atoms with Crippen molar-refractivity contribution < 1.29 is 28.7 Å². The van der Waals surface area contributed by atoms with Crippen molar-refractivity contribution in [1.82, 2.24) is 9.13 Å². The molecule has 2 amide bonds. The maximum absolute atomic E-state index is 12.8. The number of benzene rings is 2. The summed E-state index contributed by atoms with van der Waals surface area (Å²) in [6.45, 7) is 8.03. The van der Waals surface area contributed by atoms with Gasteiger partial charge in [0.2, 0.25) is 0 Å². The van der Waals surface area contributed by atoms with E-state index in [0.29, 0.717) is 58.6 Å². The number of aromatic nitrogens is 2. The highest BCUT2D eigenvalue weighted by molar-refractivity contribution is 8.76. The Morgan fingerprint density at radius 2 is 1.07 bits per heavy atom. The number of amides is 2. The molecule has 210 valence electrons. The average molecular weight is 583 g/mol. The molecule has 2 aromatic carbocycles. The van der Waals surface area contributed by atoms with E-state index >= 15 is 0 Å². The van der Waals surface area contributed by atoms with Gasteiger partial charge in [-0.25, -0.2) is 0 Å². The molecular weight excluding hydrogens is 552 g/mol. The molecule has 0 fully saturated rings. The van der Waals surface area contributed by atoms with Crippen LogP contribution in [0.25, 0.3) is 21.8 Å². The predicted molar refractivity (Wildman–Crippen MR) is 158 cm³/mol. The Labute approximate surface area is 238 Å². The SMILES string of the molecule is CCOc1cccc2c1c(C(=O)C(N)=O)c(C)n2CSSCn1c(C)c(C(=O)C(N)=O)c2c(OCC)cccc21. The standard InChI is InChI=1S/C28H30N4O6S2/c1-5-37-19-11-7-9-17-23(19)21(25(33)27(29)35)15(3)31(17)13-39-40-14-32-16(4)22(26(34)28(30)36)24-18(32)10-8-12-20(24)38-6-2/h7-12H,5-6,13-14H2,1-4H3,(H2,29,35)(H2,30,36). The minimum atomic E-state index is -1.03. The number of hydrogen-bond donors (Lipinski definition) is 2. The van der Waals surface area contributed by atoms with Gasteiger partial charge in [-0.1, -0.05) is 33.7 Å². The van der Waals surface area contributed by atoms with Crippen molar-refractivity contribution in [1.29, 1.82) is 0 Å². The molecule has 12 heteroatoms. The largest absolute Gasteiger partial charge is 0.493 e. The summed E-state index contributed by atoms with van der Waals surface area (Å²) >= 11 is 0. The molecule has 0 atom stereocenters. The predicted octanol–water partition coefficient (Wildman–Crippen LogP) is 4.34. The quantitative estimate of drug-likeness (QED) is 0.102. The molecule has 0 aliphatic carbocycles. The Balaban J connectivity index is 1.67. The highest BCUT2D eigenvalue weighted by Gasteiger charge is 2.27. The summed E-state index contributed by atoms with van der Waals surface area (Å²) in [7, 11) is 3.04. The monoisotopic (exact) mass is 582 g/mol. The topological polar surface area (TPSA) is 149 Å². The van der Waals surface area contributed by atoms with Crippen LogP contribution in [0.3, 0.4) is 0 Å². The number of ketones is 2. The van der Waals surface area contributed by atoms with Crippen molar-refractivity contribution in [3.63, 3.8) is 0 Å². The maximum atomic E-state index is 12.8. The van der Waals surface area contributed by atoms with Gasteiger partial charge < -0.3 is 30.1 Å². The Kier molecular flexibility index (Phi) is 8.79. The Hall–Kier alpha value is -3.90. The van der Waals surface area contributed by atoms with Crippen molar-refractivity contribution in [2.45, 2.75) is 39.4 Å². The molecular formula is C28H30N4O6S2. The molecule has 10 nitrogen and oxygen atoms in total. The minimum absolute atomic E-state index is 0.238. The zero-order valence-corrected chi connectivity index (χ0v) is 24.2. The van der Waals surface area contributed by atoms with Crippen LogP contribution in [-0.4, -0.2) is 45.7 Å². The number of rotatable bonds is 13. The molecule has 4 rings (SSSR count). The number of primary amides is 2. The summed E-state index contributed by atoms with van der Waals surface area (Å²) in [4.78, 5) is 49.2. The average Bonchev–Trinajstić information content (AvgIpc) is 3.37. The minimum Gasteiger partial charge on any atom is -0.493 e. The van der Waals surface area contributed by atoms with Crippen LogP contribution >= 0.6 is 21.6 Å². The number of hydrogen-bond acceptors (Lipinski definition) is 8. The van der Waals surface area contributed by atoms with Crippen LogP contribution < -0.4 is 20.9 Å². The molecule has 0 saturated heterocycles. The van der Waals surface area contributed by atoms with Gasteiger partial charge in [-0.15, -0.1) is 0 Å². The molecule has 0 spiro atoms. The van der Waals surface area contributed by atoms with Crippen LogP contribution in [0, 0.1) is 13.8 Å². The first kappa shape index (κ1) is 29.1. The second kappa shape index (κ2) is 12.1. The zero-order chi connectivity index (χ0) is 29.1. The zero-order valence-electron chi connectivity index (χ0n) is 22.6. The van der Waals surface area contributed by atoms with E-state index < -0.39 is 23.4 Å². The highest BCUT2D eigenvalue weighted by atomic mass is 33.1. The summed E-state index contributed by atoms with van der Waals surface area (Å²) in [6.07, 6.45) is 0. The number of nitrogens with zero attached hydrogens (tertiary/aromatic N) is 2. The van der Waals surface area contributed by atoms with Crippen LogP contribution in [0.5, 0.6) is 11.5 Å². The van der Waals surface area contributed by atoms with Gasteiger partial charge in [0, 0.05) is 11.4 Å². The molecule has 4 aromatic rings. The lowest BCUT2D eigenvalue weighted by atomic mass is 10.1. The lowest BCUT2D eigenvalue weighted by molar-refractivity contribution is -0.114. The first-order chi connectivity index (χ1) is 19.1. The van der Waals surface area contributed by atoms with Crippen LogP contribution in [0.4, 0.5) is 0 Å². The van der Waals surface area contributed by atoms with E-state index in [1.807, 2.05) is 47.2 Å². The van der Waals surface area contributed by atoms with E-state index in [2.05, 4.69) is 0 Å². The van der Waals surface area contributed by atoms with Crippen LogP contribution in [-0.2, 0) is 21.3 Å². The highest BCUT2D eigenvalue weighted by Crippen LogP contribution is 2.39. The van der Waals surface area contributed by atoms with Gasteiger partial charge in [0.15, 0.2) is 0 Å². The third-order valence-electron chi connectivity index (χ3n) is 6.57. The van der Waals surface area contributed by atoms with Gasteiger partial charge in [0.25, 0.3) is 23.4 Å². The van der Waals surface area contributed by atoms with Gasteiger partial charge in [-0.2, -0.15) is 0 Å². The van der Waals surface area contributed by atoms with E-state index in [0.717, 1.165) is 11.0 Å². The fourth-order valence-corrected chi connectivity index (χ4v) is 6.96. The van der Waals surface area contributed by atoms with Gasteiger partial charge >= 0.3 is 0 Å². The van der Waals surface area contributed by atoms with Crippen molar-refractivity contribution in [3.05, 3.63) is 58.9 Å². The fraction of sp³-hybridized carbons (Fsp3) is 0.286. The number of Topliss-reactive ketones (excluding diaryl/α,β-unsaturated/α-hetero) is 2. The fourth-order valence-electron chi connectivity index (χ4n) is 4.85. The first-order valence-corrected chi connectivity index (χ1v) is 15.0. The molecule has 0 unspecified atom stereocenters. The molecule has 0 radical (unpaired) electrons. The molecule has 0 aliphatic rings. The Bertz CT molecular complexity index is 1530. The summed E-state index contributed by atoms with van der Waals surface area (Å²) in [5.41, 5.74) is 13.9. The second-order valence-electron chi connectivity index (χ2n) is 8.82. The number of carbonyl (C=O) groups excluding carboxylic acids is 4. The molecule has 2 heterocycles. The molecule has 40 heavy (non-hydrogen) atoms. The summed E-state index contributed by atoms with van der Waals surface area (Å²) < 4.78 is 15.4. The number of carbonyl (C=O) groups is 4. The molecule has 4 N–H and O–H groups in total. The van der Waals surface area contributed by atoms with Crippen molar-refractivity contribution in [2.24, 2.45) is 11.5 Å². The lowest BCUT2D eigenvalue weighted by Crippen LogP contribution is -2.23. The van der Waals surface area contributed by atoms with Gasteiger partial charge in [-0.05, 0) is 52.0 Å². The smallest absolute Gasteiger partial charge is 0.289 e. The third-order valence-corrected chi connectivity index (χ3v) is 8.60. The molecule has 2 aromatic heterocycles. The van der Waals surface area contributed by atoms with E-state index in [9.17, 15) is 19.2 Å². The van der Waals surface area contributed by atoms with E-state index in [1.54, 1.807) is 26.0 Å². The van der Waals surface area contributed by atoms with Crippen molar-refractivity contribution >= 4 is 66.8 Å². The maximum Gasteiger partial charge on any atom is 0.289 e. The van der Waals surface area contributed by atoms with Gasteiger partial charge in [0.1, 0.15) is 11.5 Å². The van der Waals surface area contributed by atoms with E-state index in [-0.39, 0.29) is 11.1 Å². The first-order valence-electron chi connectivity index (χ1n) is 12.6. The summed E-state index contributed by atoms with van der Waals surface area (Å²) in [5, 5.41) is 1.11. The molecule has 0 aliphatic heterocycles. The Morgan fingerprint density at radius 1 is 0.700 bits per heavy atom. The van der Waals surface area contributed by atoms with Crippen molar-refractivity contribution in [3.8, 4) is 11.5 Å². The van der Waals surface area contributed by atoms with Crippen LogP contribution in [0.15, 0.2) is 36.4 Å². The van der Waals surface area contributed by atoms with E-state index in [1.165, 1.54) is 21.6 Å². The summed E-state index contributed by atoms with van der Waals surface area (Å²) in [5.74, 6) is -1.68. The third kappa shape index (κ3) is 5.16. The second-order valence-corrected chi connectivity index (χ2v) is 11.2. The number of ether oxygens (including phenoxy) is 2. The molecule has 0 saturated carbocycles. The van der Waals surface area contributed by atoms with Crippen LogP contribution in [0.2, 0.25) is 0 Å². The normalized spacial score (nSPS) is 11.2. The molecule has 0 bridgehead atoms.